The van der Waals surface area contributed by atoms with Crippen LogP contribution in [-0.2, 0) is 5.75 Å². The summed E-state index contributed by atoms with van der Waals surface area (Å²) in [5.41, 5.74) is 2.09. The molecule has 128 valence electrons. The molecule has 2 amide bonds. The summed E-state index contributed by atoms with van der Waals surface area (Å²) in [5.74, 6) is 1.27. The molecule has 0 aromatic heterocycles. The number of carbonyl (C=O) groups excluding carboxylic acids is 1. The van der Waals surface area contributed by atoms with Gasteiger partial charge in [0.25, 0.3) is 0 Å². The average Bonchev–Trinajstić information content (AvgIpc) is 2.53. The Morgan fingerprint density at radius 3 is 2.65 bits per heavy atom. The second-order valence-corrected chi connectivity index (χ2v) is 8.12. The molecule has 1 aliphatic heterocycles. The van der Waals surface area contributed by atoms with Crippen molar-refractivity contribution >= 4 is 23.5 Å². The SMILES string of the molecule is CC(C)SCc1cccc(NC(=O)N2CCC(C(C)O)CC2)c1. The lowest BCUT2D eigenvalue weighted by Crippen LogP contribution is -2.42. The molecule has 0 saturated carbocycles. The van der Waals surface area contributed by atoms with E-state index >= 15 is 0 Å². The first-order valence-corrected chi connectivity index (χ1v) is 9.45. The molecule has 0 radical (unpaired) electrons. The summed E-state index contributed by atoms with van der Waals surface area (Å²) in [4.78, 5) is 14.2. The van der Waals surface area contributed by atoms with Crippen LogP contribution in [0, 0.1) is 5.92 Å². The molecular weight excluding hydrogens is 308 g/mol. The lowest BCUT2D eigenvalue weighted by Gasteiger charge is -2.33. The zero-order valence-corrected chi connectivity index (χ0v) is 15.1. The predicted molar refractivity (Wildman–Crippen MR) is 97.9 cm³/mol. The summed E-state index contributed by atoms with van der Waals surface area (Å²) in [6.07, 6.45) is 1.46. The second kappa shape index (κ2) is 8.60. The second-order valence-electron chi connectivity index (χ2n) is 6.56. The van der Waals surface area contributed by atoms with Gasteiger partial charge in [-0.25, -0.2) is 4.79 Å². The Balaban J connectivity index is 1.87. The zero-order valence-electron chi connectivity index (χ0n) is 14.3. The Hall–Kier alpha value is -1.20. The molecule has 0 spiro atoms. The van der Waals surface area contributed by atoms with Crippen LogP contribution in [0.2, 0.25) is 0 Å². The Labute approximate surface area is 143 Å². The topological polar surface area (TPSA) is 52.6 Å². The van der Waals surface area contributed by atoms with E-state index in [1.165, 1.54) is 5.56 Å². The third-order valence-corrected chi connectivity index (χ3v) is 5.44. The van der Waals surface area contributed by atoms with Gasteiger partial charge in [0.1, 0.15) is 0 Å². The van der Waals surface area contributed by atoms with E-state index in [1.54, 1.807) is 0 Å². The van der Waals surface area contributed by atoms with Gasteiger partial charge in [0, 0.05) is 24.5 Å². The minimum absolute atomic E-state index is 0.0392. The molecule has 23 heavy (non-hydrogen) atoms. The molecule has 1 aromatic carbocycles. The number of hydrogen-bond donors (Lipinski definition) is 2. The predicted octanol–water partition coefficient (Wildman–Crippen LogP) is 3.95. The first-order chi connectivity index (χ1) is 11.0. The van der Waals surface area contributed by atoms with Crippen molar-refractivity contribution in [1.82, 2.24) is 4.90 Å². The van der Waals surface area contributed by atoms with E-state index in [9.17, 15) is 9.90 Å². The number of piperidine rings is 1. The number of amides is 2. The van der Waals surface area contributed by atoms with Crippen LogP contribution >= 0.6 is 11.8 Å². The van der Waals surface area contributed by atoms with E-state index in [1.807, 2.05) is 35.7 Å². The molecule has 4 nitrogen and oxygen atoms in total. The molecule has 1 fully saturated rings. The molecule has 1 aliphatic rings. The number of rotatable bonds is 5. The maximum atomic E-state index is 12.4. The van der Waals surface area contributed by atoms with E-state index in [2.05, 4.69) is 31.3 Å². The van der Waals surface area contributed by atoms with Crippen LogP contribution in [0.5, 0.6) is 0 Å². The molecule has 1 unspecified atom stereocenters. The van der Waals surface area contributed by atoms with Gasteiger partial charge in [0.2, 0.25) is 0 Å². The standard InChI is InChI=1S/C18H28N2O2S/c1-13(2)23-12-15-5-4-6-17(11-15)19-18(22)20-9-7-16(8-10-20)14(3)21/h4-6,11,13-14,16,21H,7-10,12H2,1-3H3,(H,19,22). The molecule has 5 heteroatoms. The van der Waals surface area contributed by atoms with Gasteiger partial charge in [-0.05, 0) is 48.6 Å². The van der Waals surface area contributed by atoms with Gasteiger partial charge in [-0.3, -0.25) is 0 Å². The first-order valence-electron chi connectivity index (χ1n) is 8.40. The van der Waals surface area contributed by atoms with Crippen LogP contribution in [-0.4, -0.2) is 40.5 Å². The fraction of sp³-hybridized carbons (Fsp3) is 0.611. The van der Waals surface area contributed by atoms with Gasteiger partial charge >= 0.3 is 6.03 Å². The smallest absolute Gasteiger partial charge is 0.321 e. The van der Waals surface area contributed by atoms with Crippen LogP contribution in [0.25, 0.3) is 0 Å². The number of urea groups is 1. The van der Waals surface area contributed by atoms with Gasteiger partial charge in [-0.1, -0.05) is 26.0 Å². The van der Waals surface area contributed by atoms with E-state index in [-0.39, 0.29) is 12.1 Å². The molecule has 2 N–H and O–H groups in total. The highest BCUT2D eigenvalue weighted by Gasteiger charge is 2.25. The minimum Gasteiger partial charge on any atom is -0.393 e. The molecule has 1 heterocycles. The molecule has 0 aliphatic carbocycles. The van der Waals surface area contributed by atoms with Crippen LogP contribution in [0.15, 0.2) is 24.3 Å². The van der Waals surface area contributed by atoms with Crippen LogP contribution in [0.4, 0.5) is 10.5 Å². The Kier molecular flexibility index (Phi) is 6.78. The van der Waals surface area contributed by atoms with Crippen LogP contribution in [0.3, 0.4) is 0 Å². The maximum absolute atomic E-state index is 12.4. The minimum atomic E-state index is -0.282. The van der Waals surface area contributed by atoms with Crippen LogP contribution < -0.4 is 5.32 Å². The largest absolute Gasteiger partial charge is 0.393 e. The van der Waals surface area contributed by atoms with Crippen molar-refractivity contribution in [2.24, 2.45) is 5.92 Å². The lowest BCUT2D eigenvalue weighted by atomic mass is 9.92. The van der Waals surface area contributed by atoms with Crippen molar-refractivity contribution in [3.05, 3.63) is 29.8 Å². The third-order valence-electron chi connectivity index (χ3n) is 4.27. The van der Waals surface area contributed by atoms with Gasteiger partial charge in [0.05, 0.1) is 6.10 Å². The van der Waals surface area contributed by atoms with Gasteiger partial charge in [-0.2, -0.15) is 11.8 Å². The van der Waals surface area contributed by atoms with Crippen molar-refractivity contribution in [1.29, 1.82) is 0 Å². The van der Waals surface area contributed by atoms with E-state index in [0.717, 1.165) is 24.3 Å². The van der Waals surface area contributed by atoms with E-state index in [4.69, 9.17) is 0 Å². The molecule has 0 bridgehead atoms. The number of nitrogens with zero attached hydrogens (tertiary/aromatic N) is 1. The summed E-state index contributed by atoms with van der Waals surface area (Å²) in [5, 5.41) is 13.2. The molecule has 2 rings (SSSR count). The number of aliphatic hydroxyl groups excluding tert-OH is 1. The number of benzene rings is 1. The van der Waals surface area contributed by atoms with Crippen molar-refractivity contribution in [3.63, 3.8) is 0 Å². The summed E-state index contributed by atoms with van der Waals surface area (Å²) >= 11 is 1.90. The number of hydrogen-bond acceptors (Lipinski definition) is 3. The van der Waals surface area contributed by atoms with Crippen molar-refractivity contribution in [2.75, 3.05) is 18.4 Å². The van der Waals surface area contributed by atoms with Crippen LogP contribution in [0.1, 0.15) is 39.2 Å². The number of carbonyl (C=O) groups is 1. The number of nitrogens with one attached hydrogen (secondary N) is 1. The monoisotopic (exact) mass is 336 g/mol. The van der Waals surface area contributed by atoms with Crippen molar-refractivity contribution in [2.45, 2.75) is 50.7 Å². The summed E-state index contributed by atoms with van der Waals surface area (Å²) in [6, 6.07) is 8.03. The molecule has 1 atom stereocenters. The Morgan fingerprint density at radius 1 is 1.35 bits per heavy atom. The quantitative estimate of drug-likeness (QED) is 0.856. The van der Waals surface area contributed by atoms with Gasteiger partial charge < -0.3 is 15.3 Å². The first kappa shape index (κ1) is 18.1. The number of likely N-dealkylation sites (tertiary alicyclic amines) is 1. The van der Waals surface area contributed by atoms with E-state index < -0.39 is 0 Å². The lowest BCUT2D eigenvalue weighted by molar-refractivity contribution is 0.0820. The summed E-state index contributed by atoms with van der Waals surface area (Å²) in [7, 11) is 0. The third kappa shape index (κ3) is 5.74. The van der Waals surface area contributed by atoms with Gasteiger partial charge in [-0.15, -0.1) is 0 Å². The Morgan fingerprint density at radius 2 is 2.04 bits per heavy atom. The highest BCUT2D eigenvalue weighted by molar-refractivity contribution is 7.99. The Bertz CT molecular complexity index is 511. The zero-order chi connectivity index (χ0) is 16.8. The fourth-order valence-corrected chi connectivity index (χ4v) is 3.49. The average molecular weight is 337 g/mol. The molecular formula is C18H28N2O2S. The van der Waals surface area contributed by atoms with E-state index in [0.29, 0.717) is 24.3 Å². The number of aliphatic hydroxyl groups is 1. The van der Waals surface area contributed by atoms with Gasteiger partial charge in [0.15, 0.2) is 0 Å². The molecule has 1 saturated heterocycles. The number of thioether (sulfide) groups is 1. The number of anilines is 1. The molecule has 1 aromatic rings. The van der Waals surface area contributed by atoms with Crippen molar-refractivity contribution in [3.8, 4) is 0 Å². The fourth-order valence-electron chi connectivity index (χ4n) is 2.79. The highest BCUT2D eigenvalue weighted by atomic mass is 32.2. The highest BCUT2D eigenvalue weighted by Crippen LogP contribution is 2.22. The van der Waals surface area contributed by atoms with Crippen molar-refractivity contribution < 1.29 is 9.90 Å². The summed E-state index contributed by atoms with van der Waals surface area (Å²) < 4.78 is 0. The normalized spacial score (nSPS) is 17.3. The summed E-state index contributed by atoms with van der Waals surface area (Å²) in [6.45, 7) is 7.63. The maximum Gasteiger partial charge on any atom is 0.321 e.